The fourth-order valence-corrected chi connectivity index (χ4v) is 4.50. The molecule has 0 radical (unpaired) electrons. The maximum atomic E-state index is 13.5. The second-order valence-corrected chi connectivity index (χ2v) is 8.31. The molecule has 0 bridgehead atoms. The molecule has 0 unspecified atom stereocenters. The quantitative estimate of drug-likeness (QED) is 0.458. The number of piperidine rings is 1. The van der Waals surface area contributed by atoms with Crippen LogP contribution in [0.3, 0.4) is 0 Å². The van der Waals surface area contributed by atoms with Crippen LogP contribution in [0.25, 0.3) is 11.2 Å². The first-order valence-corrected chi connectivity index (χ1v) is 11.3. The summed E-state index contributed by atoms with van der Waals surface area (Å²) < 4.78 is 9.20. The Labute approximate surface area is 191 Å². The third-order valence-electron chi connectivity index (χ3n) is 6.13. The Hall–Kier alpha value is -3.87. The first kappa shape index (κ1) is 21.0. The zero-order chi connectivity index (χ0) is 22.6. The lowest BCUT2D eigenvalue weighted by Crippen LogP contribution is -2.44. The van der Waals surface area contributed by atoms with Crippen molar-refractivity contribution in [2.24, 2.45) is 0 Å². The second kappa shape index (κ2) is 9.32. The summed E-state index contributed by atoms with van der Waals surface area (Å²) in [5.41, 5.74) is 2.44. The highest BCUT2D eigenvalue weighted by molar-refractivity contribution is 5.78. The SMILES string of the molecule is O=C(COc1ccccc1)N1CCC[C@H](n2c(=O)n(Cc3ccccc3)c3cccnc32)C1. The highest BCUT2D eigenvalue weighted by Crippen LogP contribution is 2.24. The van der Waals surface area contributed by atoms with Gasteiger partial charge in [-0.15, -0.1) is 0 Å². The van der Waals surface area contributed by atoms with Crippen molar-refractivity contribution in [1.82, 2.24) is 19.0 Å². The number of rotatable bonds is 6. The van der Waals surface area contributed by atoms with Crippen molar-refractivity contribution < 1.29 is 9.53 Å². The van der Waals surface area contributed by atoms with E-state index in [1.54, 1.807) is 20.2 Å². The van der Waals surface area contributed by atoms with Crippen LogP contribution in [-0.2, 0) is 11.3 Å². The van der Waals surface area contributed by atoms with Crippen molar-refractivity contribution >= 4 is 17.1 Å². The Balaban J connectivity index is 1.39. The van der Waals surface area contributed by atoms with E-state index in [2.05, 4.69) is 4.98 Å². The van der Waals surface area contributed by atoms with Gasteiger partial charge in [0.05, 0.1) is 18.1 Å². The van der Waals surface area contributed by atoms with E-state index >= 15 is 0 Å². The Kier molecular flexibility index (Phi) is 5.93. The summed E-state index contributed by atoms with van der Waals surface area (Å²) in [6.07, 6.45) is 3.36. The van der Waals surface area contributed by atoms with Gasteiger partial charge in [0, 0.05) is 19.3 Å². The average molecular weight is 443 g/mol. The summed E-state index contributed by atoms with van der Waals surface area (Å²) in [4.78, 5) is 32.7. The molecule has 2 aromatic carbocycles. The van der Waals surface area contributed by atoms with Crippen molar-refractivity contribution in [2.45, 2.75) is 25.4 Å². The van der Waals surface area contributed by atoms with Crippen LogP contribution < -0.4 is 10.4 Å². The van der Waals surface area contributed by atoms with Gasteiger partial charge in [0.25, 0.3) is 5.91 Å². The average Bonchev–Trinajstić information content (AvgIpc) is 3.15. The molecule has 1 atom stereocenters. The van der Waals surface area contributed by atoms with E-state index in [1.165, 1.54) is 0 Å². The number of hydrogen-bond acceptors (Lipinski definition) is 4. The Morgan fingerprint density at radius 3 is 2.55 bits per heavy atom. The highest BCUT2D eigenvalue weighted by atomic mass is 16.5. The molecule has 0 saturated carbocycles. The molecule has 7 nitrogen and oxygen atoms in total. The Morgan fingerprint density at radius 1 is 1.00 bits per heavy atom. The summed E-state index contributed by atoms with van der Waals surface area (Å²) >= 11 is 0. The standard InChI is InChI=1S/C26H26N4O3/c31-24(19-33-22-12-5-2-6-13-22)28-16-8-11-21(18-28)30-25-23(14-7-15-27-25)29(26(30)32)17-20-9-3-1-4-10-20/h1-7,9-10,12-15,21H,8,11,16-19H2/t21-/m0/s1. The summed E-state index contributed by atoms with van der Waals surface area (Å²) in [5.74, 6) is 0.599. The number of imidazole rings is 1. The maximum absolute atomic E-state index is 13.5. The van der Waals surface area contributed by atoms with Gasteiger partial charge in [0.15, 0.2) is 12.3 Å². The van der Waals surface area contributed by atoms with Gasteiger partial charge in [-0.2, -0.15) is 0 Å². The van der Waals surface area contributed by atoms with E-state index in [4.69, 9.17) is 4.74 Å². The van der Waals surface area contributed by atoms with Gasteiger partial charge in [-0.25, -0.2) is 9.78 Å². The minimum Gasteiger partial charge on any atom is -0.484 e. The lowest BCUT2D eigenvalue weighted by Gasteiger charge is -2.33. The number of aromatic nitrogens is 3. The van der Waals surface area contributed by atoms with E-state index in [9.17, 15) is 9.59 Å². The zero-order valence-corrected chi connectivity index (χ0v) is 18.3. The Morgan fingerprint density at radius 2 is 1.76 bits per heavy atom. The maximum Gasteiger partial charge on any atom is 0.330 e. The molecule has 4 aromatic rings. The normalized spacial score (nSPS) is 16.1. The minimum atomic E-state index is -0.124. The summed E-state index contributed by atoms with van der Waals surface area (Å²) in [7, 11) is 0. The molecule has 5 rings (SSSR count). The van der Waals surface area contributed by atoms with E-state index in [-0.39, 0.29) is 24.2 Å². The van der Waals surface area contributed by atoms with Crippen molar-refractivity contribution in [3.63, 3.8) is 0 Å². The van der Waals surface area contributed by atoms with Gasteiger partial charge >= 0.3 is 5.69 Å². The number of benzene rings is 2. The molecule has 33 heavy (non-hydrogen) atoms. The van der Waals surface area contributed by atoms with E-state index in [0.717, 1.165) is 23.9 Å². The van der Waals surface area contributed by atoms with Gasteiger partial charge in [-0.05, 0) is 42.7 Å². The van der Waals surface area contributed by atoms with Crippen molar-refractivity contribution in [3.05, 3.63) is 95.0 Å². The number of carbonyl (C=O) groups excluding carboxylic acids is 1. The Bertz CT molecular complexity index is 1300. The van der Waals surface area contributed by atoms with Crippen LogP contribution in [0.2, 0.25) is 0 Å². The van der Waals surface area contributed by atoms with E-state index < -0.39 is 0 Å². The van der Waals surface area contributed by atoms with Gasteiger partial charge in [-0.1, -0.05) is 48.5 Å². The van der Waals surface area contributed by atoms with Gasteiger partial charge in [0.2, 0.25) is 0 Å². The second-order valence-electron chi connectivity index (χ2n) is 8.31. The van der Waals surface area contributed by atoms with Crippen molar-refractivity contribution in [3.8, 4) is 5.75 Å². The van der Waals surface area contributed by atoms with Gasteiger partial charge in [-0.3, -0.25) is 13.9 Å². The molecule has 0 N–H and O–H groups in total. The van der Waals surface area contributed by atoms with Crippen LogP contribution in [-0.4, -0.2) is 44.6 Å². The first-order chi connectivity index (χ1) is 16.2. The summed E-state index contributed by atoms with van der Waals surface area (Å²) in [6, 6.07) is 22.9. The minimum absolute atomic E-state index is 0.0142. The van der Waals surface area contributed by atoms with Gasteiger partial charge in [0.1, 0.15) is 5.75 Å². The lowest BCUT2D eigenvalue weighted by atomic mass is 10.1. The smallest absolute Gasteiger partial charge is 0.330 e. The number of ether oxygens (including phenoxy) is 1. The monoisotopic (exact) mass is 442 g/mol. The van der Waals surface area contributed by atoms with Crippen molar-refractivity contribution in [2.75, 3.05) is 19.7 Å². The van der Waals surface area contributed by atoms with Crippen LogP contribution in [0.4, 0.5) is 0 Å². The highest BCUT2D eigenvalue weighted by Gasteiger charge is 2.29. The number of para-hydroxylation sites is 1. The third-order valence-corrected chi connectivity index (χ3v) is 6.13. The molecular weight excluding hydrogens is 416 g/mol. The van der Waals surface area contributed by atoms with E-state index in [0.29, 0.717) is 31.0 Å². The molecule has 168 valence electrons. The number of likely N-dealkylation sites (tertiary alicyclic amines) is 1. The summed E-state index contributed by atoms with van der Waals surface area (Å²) in [6.45, 7) is 1.60. The number of pyridine rings is 1. The third kappa shape index (κ3) is 4.39. The number of nitrogens with zero attached hydrogens (tertiary/aromatic N) is 4. The zero-order valence-electron chi connectivity index (χ0n) is 18.3. The largest absolute Gasteiger partial charge is 0.484 e. The summed E-state index contributed by atoms with van der Waals surface area (Å²) in [5, 5.41) is 0. The molecule has 0 aliphatic carbocycles. The van der Waals surface area contributed by atoms with Crippen LogP contribution in [0.1, 0.15) is 24.4 Å². The van der Waals surface area contributed by atoms with Crippen LogP contribution in [0.5, 0.6) is 5.75 Å². The first-order valence-electron chi connectivity index (χ1n) is 11.3. The predicted molar refractivity (Wildman–Crippen MR) is 126 cm³/mol. The molecule has 2 aromatic heterocycles. The topological polar surface area (TPSA) is 69.4 Å². The predicted octanol–water partition coefficient (Wildman–Crippen LogP) is 3.49. The molecule has 1 fully saturated rings. The lowest BCUT2D eigenvalue weighted by molar-refractivity contribution is -0.135. The number of carbonyl (C=O) groups is 1. The molecule has 3 heterocycles. The molecule has 1 saturated heterocycles. The molecule has 1 aliphatic rings. The number of hydrogen-bond donors (Lipinski definition) is 0. The fourth-order valence-electron chi connectivity index (χ4n) is 4.50. The van der Waals surface area contributed by atoms with Crippen LogP contribution in [0, 0.1) is 0 Å². The molecule has 7 heteroatoms. The van der Waals surface area contributed by atoms with E-state index in [1.807, 2.05) is 72.8 Å². The number of amides is 1. The molecule has 1 aliphatic heterocycles. The molecule has 0 spiro atoms. The van der Waals surface area contributed by atoms with Crippen LogP contribution in [0.15, 0.2) is 83.8 Å². The van der Waals surface area contributed by atoms with Gasteiger partial charge < -0.3 is 9.64 Å². The number of fused-ring (bicyclic) bond motifs is 1. The van der Waals surface area contributed by atoms with Crippen molar-refractivity contribution in [1.29, 1.82) is 0 Å². The molecular formula is C26H26N4O3. The molecule has 1 amide bonds. The van der Waals surface area contributed by atoms with Crippen LogP contribution >= 0.6 is 0 Å². The fraction of sp³-hybridized carbons (Fsp3) is 0.269.